The van der Waals surface area contributed by atoms with Gasteiger partial charge in [-0.3, -0.25) is 0 Å². The van der Waals surface area contributed by atoms with E-state index in [9.17, 15) is 0 Å². The van der Waals surface area contributed by atoms with Crippen molar-refractivity contribution < 1.29 is 0 Å². The molecule has 0 atom stereocenters. The zero-order chi connectivity index (χ0) is 13.0. The van der Waals surface area contributed by atoms with Gasteiger partial charge in [0.15, 0.2) is 0 Å². The molecule has 88 valence electrons. The summed E-state index contributed by atoms with van der Waals surface area (Å²) in [6, 6.07) is 12.1. The number of dihydropyridines is 1. The van der Waals surface area contributed by atoms with Crippen LogP contribution < -0.4 is 0 Å². The molecule has 0 unspecified atom stereocenters. The highest BCUT2D eigenvalue weighted by Gasteiger charge is 2.15. The molecule has 1 aliphatic rings. The molecule has 0 radical (unpaired) electrons. The Kier molecular flexibility index (Phi) is 3.81. The van der Waals surface area contributed by atoms with E-state index in [0.29, 0.717) is 17.0 Å². The van der Waals surface area contributed by atoms with Gasteiger partial charge >= 0.3 is 0 Å². The largest absolute Gasteiger partial charge is 0.245 e. The average molecular weight is 252 g/mol. The van der Waals surface area contributed by atoms with Gasteiger partial charge in [0.25, 0.3) is 0 Å². The first kappa shape index (κ1) is 12.4. The Morgan fingerprint density at radius 2 is 2.00 bits per heavy atom. The molecule has 0 fully saturated rings. The summed E-state index contributed by atoms with van der Waals surface area (Å²) in [4.78, 5) is 4.57. The predicted octanol–water partition coefficient (Wildman–Crippen LogP) is 3.71. The summed E-state index contributed by atoms with van der Waals surface area (Å²) < 4.78 is 0. The molecule has 2 rings (SSSR count). The minimum atomic E-state index is 0.397. The Morgan fingerprint density at radius 3 is 2.67 bits per heavy atom. The molecule has 2 nitrogen and oxygen atoms in total. The van der Waals surface area contributed by atoms with Crippen LogP contribution in [0.25, 0.3) is 6.08 Å². The molecule has 0 bridgehead atoms. The van der Waals surface area contributed by atoms with Crippen molar-refractivity contribution in [2.75, 3.05) is 0 Å². The van der Waals surface area contributed by atoms with Gasteiger partial charge in [0.05, 0.1) is 5.57 Å². The molecule has 0 spiro atoms. The third-order valence-electron chi connectivity index (χ3n) is 2.66. The molecular formula is C15H12N2S. The molecule has 0 saturated heterocycles. The van der Waals surface area contributed by atoms with E-state index in [2.05, 4.69) is 11.1 Å². The zero-order valence-electron chi connectivity index (χ0n) is 10.1. The van der Waals surface area contributed by atoms with Crippen LogP contribution in [0.2, 0.25) is 0 Å². The number of rotatable bonds is 2. The Hall–Kier alpha value is -2.05. The Bertz CT molecular complexity index is 601. The van der Waals surface area contributed by atoms with E-state index in [1.165, 1.54) is 0 Å². The zero-order valence-corrected chi connectivity index (χ0v) is 10.9. The summed E-state index contributed by atoms with van der Waals surface area (Å²) in [5, 5.41) is 9.12. The van der Waals surface area contributed by atoms with Crippen molar-refractivity contribution in [3.8, 4) is 6.07 Å². The number of thiocarbonyl (C=S) groups is 1. The highest BCUT2D eigenvalue weighted by atomic mass is 32.1. The highest BCUT2D eigenvalue weighted by Crippen LogP contribution is 2.20. The maximum absolute atomic E-state index is 9.12. The van der Waals surface area contributed by atoms with Crippen molar-refractivity contribution in [2.24, 2.45) is 4.99 Å². The van der Waals surface area contributed by atoms with E-state index in [1.54, 1.807) is 0 Å². The predicted molar refractivity (Wildman–Crippen MR) is 78.4 cm³/mol. The quantitative estimate of drug-likeness (QED) is 0.752. The molecular weight excluding hydrogens is 240 g/mol. The van der Waals surface area contributed by atoms with Crippen LogP contribution >= 0.6 is 12.2 Å². The first-order chi connectivity index (χ1) is 8.70. The monoisotopic (exact) mass is 252 g/mol. The minimum absolute atomic E-state index is 0.397. The fourth-order valence-corrected chi connectivity index (χ4v) is 2.13. The van der Waals surface area contributed by atoms with E-state index in [0.717, 1.165) is 16.8 Å². The third kappa shape index (κ3) is 2.79. The maximum atomic E-state index is 9.12. The molecule has 0 aliphatic carbocycles. The molecule has 1 aromatic carbocycles. The molecule has 0 aromatic heterocycles. The molecule has 18 heavy (non-hydrogen) atoms. The van der Waals surface area contributed by atoms with Gasteiger partial charge in [0, 0.05) is 12.1 Å². The number of nitrogens with zero attached hydrogens (tertiary/aromatic N) is 2. The lowest BCUT2D eigenvalue weighted by molar-refractivity contribution is 1.27. The number of benzene rings is 1. The van der Waals surface area contributed by atoms with Gasteiger partial charge in [0.1, 0.15) is 11.1 Å². The summed E-state index contributed by atoms with van der Waals surface area (Å²) in [7, 11) is 0. The SMILES string of the molecule is CC1=NC(=S)C(C#N)=C(/C=C\c2ccccc2)C1. The van der Waals surface area contributed by atoms with Gasteiger partial charge in [-0.15, -0.1) is 0 Å². The molecule has 3 heteroatoms. The van der Waals surface area contributed by atoms with Crippen LogP contribution in [0.4, 0.5) is 0 Å². The van der Waals surface area contributed by atoms with Gasteiger partial charge in [-0.05, 0) is 18.1 Å². The smallest absolute Gasteiger partial charge is 0.144 e. The number of hydrogen-bond acceptors (Lipinski definition) is 2. The Balaban J connectivity index is 2.30. The second-order valence-corrected chi connectivity index (χ2v) is 4.47. The molecule has 1 aliphatic heterocycles. The lowest BCUT2D eigenvalue weighted by Gasteiger charge is -2.11. The molecule has 0 saturated carbocycles. The molecule has 0 amide bonds. The second-order valence-electron chi connectivity index (χ2n) is 4.09. The first-order valence-corrected chi connectivity index (χ1v) is 6.06. The van der Waals surface area contributed by atoms with Gasteiger partial charge in [0.2, 0.25) is 0 Å². The van der Waals surface area contributed by atoms with Crippen LogP contribution in [-0.4, -0.2) is 10.7 Å². The summed E-state index contributed by atoms with van der Waals surface area (Å²) >= 11 is 5.11. The normalized spacial score (nSPS) is 15.8. The average Bonchev–Trinajstić information content (AvgIpc) is 2.37. The third-order valence-corrected chi connectivity index (χ3v) is 2.96. The lowest BCUT2D eigenvalue weighted by atomic mass is 9.99. The number of nitriles is 1. The Labute approximate surface area is 112 Å². The van der Waals surface area contributed by atoms with E-state index in [4.69, 9.17) is 17.5 Å². The fourth-order valence-electron chi connectivity index (χ4n) is 1.79. The van der Waals surface area contributed by atoms with E-state index >= 15 is 0 Å². The van der Waals surface area contributed by atoms with Crippen molar-refractivity contribution in [2.45, 2.75) is 13.3 Å². The van der Waals surface area contributed by atoms with E-state index in [-0.39, 0.29) is 0 Å². The van der Waals surface area contributed by atoms with Crippen LogP contribution in [-0.2, 0) is 0 Å². The first-order valence-electron chi connectivity index (χ1n) is 5.65. The summed E-state index contributed by atoms with van der Waals surface area (Å²) in [5.74, 6) is 0. The minimum Gasteiger partial charge on any atom is -0.245 e. The lowest BCUT2D eigenvalue weighted by Crippen LogP contribution is -2.10. The standard InChI is InChI=1S/C15H12N2S/c1-11-9-13(14(10-16)15(18)17-11)8-7-12-5-3-2-4-6-12/h2-8H,9H2,1H3/b8-7-. The van der Waals surface area contributed by atoms with Crippen LogP contribution in [0.5, 0.6) is 0 Å². The van der Waals surface area contributed by atoms with E-state index in [1.807, 2.05) is 49.4 Å². The number of aliphatic imine (C=N–C) groups is 1. The molecule has 0 N–H and O–H groups in total. The number of allylic oxidation sites excluding steroid dienone is 2. The van der Waals surface area contributed by atoms with Gasteiger partial charge in [-0.1, -0.05) is 54.7 Å². The summed E-state index contributed by atoms with van der Waals surface area (Å²) in [6.07, 6.45) is 4.64. The second kappa shape index (κ2) is 5.52. The maximum Gasteiger partial charge on any atom is 0.144 e. The molecule has 1 aromatic rings. The van der Waals surface area contributed by atoms with Crippen molar-refractivity contribution in [1.82, 2.24) is 0 Å². The van der Waals surface area contributed by atoms with Crippen molar-refractivity contribution >= 4 is 29.0 Å². The molecule has 1 heterocycles. The van der Waals surface area contributed by atoms with Crippen molar-refractivity contribution in [1.29, 1.82) is 5.26 Å². The fraction of sp³-hybridized carbons (Fsp3) is 0.133. The number of hydrogen-bond donors (Lipinski definition) is 0. The van der Waals surface area contributed by atoms with Crippen LogP contribution in [0, 0.1) is 11.3 Å². The topological polar surface area (TPSA) is 36.1 Å². The van der Waals surface area contributed by atoms with Gasteiger partial charge in [-0.25, -0.2) is 4.99 Å². The van der Waals surface area contributed by atoms with Crippen LogP contribution in [0.15, 0.2) is 52.5 Å². The van der Waals surface area contributed by atoms with Gasteiger partial charge < -0.3 is 0 Å². The summed E-state index contributed by atoms with van der Waals surface area (Å²) in [5.41, 5.74) is 3.52. The van der Waals surface area contributed by atoms with Crippen LogP contribution in [0.1, 0.15) is 18.9 Å². The Morgan fingerprint density at radius 1 is 1.28 bits per heavy atom. The van der Waals surface area contributed by atoms with Gasteiger partial charge in [-0.2, -0.15) is 5.26 Å². The van der Waals surface area contributed by atoms with E-state index < -0.39 is 0 Å². The van der Waals surface area contributed by atoms with Crippen molar-refractivity contribution in [3.63, 3.8) is 0 Å². The van der Waals surface area contributed by atoms with Crippen LogP contribution in [0.3, 0.4) is 0 Å². The highest BCUT2D eigenvalue weighted by molar-refractivity contribution is 7.80. The summed E-state index contributed by atoms with van der Waals surface area (Å²) in [6.45, 7) is 1.93. The van der Waals surface area contributed by atoms with Crippen molar-refractivity contribution in [3.05, 3.63) is 53.1 Å².